The summed E-state index contributed by atoms with van der Waals surface area (Å²) in [5, 5.41) is 2.92. The quantitative estimate of drug-likeness (QED) is 0.394. The first-order valence-corrected chi connectivity index (χ1v) is 14.3. The Labute approximate surface area is 224 Å². The zero-order chi connectivity index (χ0) is 27.3. The van der Waals surface area contributed by atoms with Gasteiger partial charge in [0.25, 0.3) is 15.9 Å². The molecule has 38 heavy (non-hydrogen) atoms. The summed E-state index contributed by atoms with van der Waals surface area (Å²) in [6.07, 6.45) is 3.28. The summed E-state index contributed by atoms with van der Waals surface area (Å²) in [5.74, 6) is 1.40. The Balaban J connectivity index is 1.43. The molecular weight excluding hydrogens is 502 g/mol. The molecule has 10 heteroatoms. The first-order chi connectivity index (χ1) is 18.1. The van der Waals surface area contributed by atoms with Crippen molar-refractivity contribution in [2.24, 2.45) is 5.92 Å². The molecule has 1 atom stereocenters. The van der Waals surface area contributed by atoms with E-state index >= 15 is 0 Å². The van der Waals surface area contributed by atoms with Gasteiger partial charge in [-0.3, -0.25) is 4.79 Å². The molecule has 1 saturated heterocycles. The topological polar surface area (TPSA) is 114 Å². The molecule has 3 aromatic rings. The van der Waals surface area contributed by atoms with E-state index in [-0.39, 0.29) is 16.1 Å². The molecule has 202 valence electrons. The van der Waals surface area contributed by atoms with Crippen LogP contribution in [-0.2, 0) is 16.4 Å². The third kappa shape index (κ3) is 6.42. The van der Waals surface area contributed by atoms with Gasteiger partial charge in [-0.25, -0.2) is 14.7 Å². The average Bonchev–Trinajstić information content (AvgIpc) is 3.16. The molecule has 0 bridgehead atoms. The number of nitrogens with one attached hydrogen (secondary N) is 2. The third-order valence-electron chi connectivity index (χ3n) is 6.54. The lowest BCUT2D eigenvalue weighted by atomic mass is 9.97. The minimum Gasteiger partial charge on any atom is -0.494 e. The van der Waals surface area contributed by atoms with E-state index in [0.29, 0.717) is 30.7 Å². The second kappa shape index (κ2) is 11.4. The van der Waals surface area contributed by atoms with Crippen LogP contribution in [0.2, 0.25) is 0 Å². The summed E-state index contributed by atoms with van der Waals surface area (Å²) in [6.45, 7) is 10.2. The van der Waals surface area contributed by atoms with Crippen LogP contribution in [0.5, 0.6) is 5.75 Å². The van der Waals surface area contributed by atoms with Gasteiger partial charge in [0.15, 0.2) is 5.03 Å². The molecule has 2 N–H and O–H groups in total. The number of anilines is 2. The van der Waals surface area contributed by atoms with Crippen LogP contribution in [0, 0.1) is 5.92 Å². The smallest absolute Gasteiger partial charge is 0.281 e. The molecule has 1 aromatic carbocycles. The Morgan fingerprint density at radius 2 is 1.89 bits per heavy atom. The lowest BCUT2D eigenvalue weighted by Crippen LogP contribution is -2.41. The first kappa shape index (κ1) is 27.4. The monoisotopic (exact) mass is 537 g/mol. The van der Waals surface area contributed by atoms with E-state index in [1.54, 1.807) is 30.5 Å². The summed E-state index contributed by atoms with van der Waals surface area (Å²) in [7, 11) is -4.21. The molecule has 1 unspecified atom stereocenters. The highest BCUT2D eigenvalue weighted by Gasteiger charge is 2.39. The molecule has 1 amide bonds. The van der Waals surface area contributed by atoms with Gasteiger partial charge in [0.2, 0.25) is 0 Å². The summed E-state index contributed by atoms with van der Waals surface area (Å²) in [6, 6.07) is 15.7. The Bertz CT molecular complexity index is 1380. The van der Waals surface area contributed by atoms with Crippen LogP contribution >= 0.6 is 0 Å². The van der Waals surface area contributed by atoms with Gasteiger partial charge in [0.05, 0.1) is 12.2 Å². The molecule has 2 aromatic heterocycles. The number of aromatic nitrogens is 2. The summed E-state index contributed by atoms with van der Waals surface area (Å²) in [4.78, 5) is 23.9. The SMILES string of the molecule is CCOc1ccc(CCNc2cccc(S(=O)(=O)NC(=O)c3cccnc3N3CC(C)CC3(C)C)n2)cc1. The highest BCUT2D eigenvalue weighted by atomic mass is 32.2. The molecular formula is C28H35N5O4S. The summed E-state index contributed by atoms with van der Waals surface area (Å²) in [5.41, 5.74) is 1.12. The highest BCUT2D eigenvalue weighted by Crippen LogP contribution is 2.37. The molecule has 9 nitrogen and oxygen atoms in total. The predicted octanol–water partition coefficient (Wildman–Crippen LogP) is 4.27. The fraction of sp³-hybridized carbons (Fsp3) is 0.393. The van der Waals surface area contributed by atoms with E-state index in [1.807, 2.05) is 31.2 Å². The van der Waals surface area contributed by atoms with E-state index in [1.165, 1.54) is 6.07 Å². The largest absolute Gasteiger partial charge is 0.494 e. The van der Waals surface area contributed by atoms with E-state index in [9.17, 15) is 13.2 Å². The molecule has 0 aliphatic carbocycles. The van der Waals surface area contributed by atoms with Gasteiger partial charge >= 0.3 is 0 Å². The Kier molecular flexibility index (Phi) is 8.20. The van der Waals surface area contributed by atoms with E-state index < -0.39 is 15.9 Å². The first-order valence-electron chi connectivity index (χ1n) is 12.8. The van der Waals surface area contributed by atoms with Crippen LogP contribution in [-0.4, -0.2) is 49.5 Å². The van der Waals surface area contributed by atoms with Gasteiger partial charge in [0, 0.05) is 24.8 Å². The van der Waals surface area contributed by atoms with Crippen molar-refractivity contribution in [2.45, 2.75) is 51.1 Å². The maximum atomic E-state index is 13.2. The number of carbonyl (C=O) groups is 1. The molecule has 1 aliphatic heterocycles. The second-order valence-corrected chi connectivity index (χ2v) is 11.8. The fourth-order valence-corrected chi connectivity index (χ4v) is 5.83. The summed E-state index contributed by atoms with van der Waals surface area (Å²) < 4.78 is 33.8. The van der Waals surface area contributed by atoms with Crippen molar-refractivity contribution < 1.29 is 17.9 Å². The predicted molar refractivity (Wildman–Crippen MR) is 148 cm³/mol. The van der Waals surface area contributed by atoms with Crippen molar-refractivity contribution in [3.8, 4) is 5.75 Å². The van der Waals surface area contributed by atoms with Gasteiger partial charge in [-0.2, -0.15) is 8.42 Å². The Morgan fingerprint density at radius 3 is 2.58 bits per heavy atom. The van der Waals surface area contributed by atoms with Crippen molar-refractivity contribution in [1.29, 1.82) is 0 Å². The molecule has 0 saturated carbocycles. The number of sulfonamides is 1. The lowest BCUT2D eigenvalue weighted by molar-refractivity contribution is 0.0981. The number of rotatable bonds is 10. The van der Waals surface area contributed by atoms with Gasteiger partial charge in [-0.05, 0) is 81.5 Å². The fourth-order valence-electron chi connectivity index (χ4n) is 4.89. The molecule has 1 aliphatic rings. The van der Waals surface area contributed by atoms with E-state index in [0.717, 1.165) is 30.7 Å². The highest BCUT2D eigenvalue weighted by molar-refractivity contribution is 7.90. The second-order valence-electron chi connectivity index (χ2n) is 10.2. The van der Waals surface area contributed by atoms with Crippen LogP contribution in [0.4, 0.5) is 11.6 Å². The Hall–Kier alpha value is -3.66. The van der Waals surface area contributed by atoms with Crippen LogP contribution < -0.4 is 19.7 Å². The van der Waals surface area contributed by atoms with Crippen molar-refractivity contribution in [3.05, 3.63) is 71.9 Å². The van der Waals surface area contributed by atoms with Crippen LogP contribution in [0.25, 0.3) is 0 Å². The minimum atomic E-state index is -4.21. The van der Waals surface area contributed by atoms with Crippen LogP contribution in [0.15, 0.2) is 65.8 Å². The van der Waals surface area contributed by atoms with Gasteiger partial charge in [-0.15, -0.1) is 0 Å². The maximum absolute atomic E-state index is 13.2. The molecule has 0 spiro atoms. The van der Waals surface area contributed by atoms with Gasteiger partial charge in [0.1, 0.15) is 17.4 Å². The minimum absolute atomic E-state index is 0.200. The maximum Gasteiger partial charge on any atom is 0.281 e. The molecule has 4 rings (SSSR count). The zero-order valence-corrected chi connectivity index (χ0v) is 23.1. The zero-order valence-electron chi connectivity index (χ0n) is 22.3. The standard InChI is InChI=1S/C28H35N5O4S/c1-5-37-22-13-11-21(12-14-22)15-17-29-24-9-6-10-25(31-24)38(35,36)32-27(34)23-8-7-16-30-26(23)33-19-20(2)18-28(33,3)4/h6-14,16,20H,5,15,17-19H2,1-4H3,(H,29,31)(H,32,34). The van der Waals surface area contributed by atoms with E-state index in [4.69, 9.17) is 4.74 Å². The van der Waals surface area contributed by atoms with Gasteiger partial charge < -0.3 is 15.0 Å². The van der Waals surface area contributed by atoms with Crippen molar-refractivity contribution in [3.63, 3.8) is 0 Å². The third-order valence-corrected chi connectivity index (χ3v) is 7.77. The number of nitrogens with zero attached hydrogens (tertiary/aromatic N) is 3. The van der Waals surface area contributed by atoms with Crippen molar-refractivity contribution >= 4 is 27.6 Å². The lowest BCUT2D eigenvalue weighted by Gasteiger charge is -2.33. The van der Waals surface area contributed by atoms with Gasteiger partial charge in [-0.1, -0.05) is 25.1 Å². The van der Waals surface area contributed by atoms with E-state index in [2.05, 4.69) is 45.7 Å². The molecule has 0 radical (unpaired) electrons. The summed E-state index contributed by atoms with van der Waals surface area (Å²) >= 11 is 0. The van der Waals surface area contributed by atoms with Crippen molar-refractivity contribution in [1.82, 2.24) is 14.7 Å². The number of hydrogen-bond acceptors (Lipinski definition) is 8. The number of ether oxygens (including phenoxy) is 1. The number of benzene rings is 1. The molecule has 1 fully saturated rings. The van der Waals surface area contributed by atoms with Crippen LogP contribution in [0.3, 0.4) is 0 Å². The Morgan fingerprint density at radius 1 is 1.13 bits per heavy atom. The number of carbonyl (C=O) groups excluding carboxylic acids is 1. The molecule has 3 heterocycles. The van der Waals surface area contributed by atoms with Crippen LogP contribution in [0.1, 0.15) is 50.0 Å². The van der Waals surface area contributed by atoms with Crippen molar-refractivity contribution in [2.75, 3.05) is 29.9 Å². The average molecular weight is 538 g/mol. The number of amides is 1. The normalized spacial score (nSPS) is 16.7. The number of hydrogen-bond donors (Lipinski definition) is 2. The number of pyridine rings is 2.